The lowest BCUT2D eigenvalue weighted by Crippen LogP contribution is -2.20. The van der Waals surface area contributed by atoms with Crippen LogP contribution in [0.1, 0.15) is 53.4 Å². The van der Waals surface area contributed by atoms with E-state index in [1.807, 2.05) is 0 Å². The van der Waals surface area contributed by atoms with E-state index in [1.54, 1.807) is 0 Å². The van der Waals surface area contributed by atoms with Crippen molar-refractivity contribution in [2.75, 3.05) is 13.1 Å². The second kappa shape index (κ2) is 8.55. The first-order valence-corrected chi connectivity index (χ1v) is 5.83. The molecule has 0 heterocycles. The van der Waals surface area contributed by atoms with Crippen LogP contribution in [-0.2, 0) is 0 Å². The Labute approximate surface area is 84.3 Å². The first kappa shape index (κ1) is 13.0. The third-order valence-corrected chi connectivity index (χ3v) is 2.19. The maximum Gasteiger partial charge on any atom is -0.00258 e. The molecule has 0 aromatic rings. The van der Waals surface area contributed by atoms with E-state index in [0.717, 1.165) is 11.8 Å². The van der Waals surface area contributed by atoms with Gasteiger partial charge >= 0.3 is 0 Å². The quantitative estimate of drug-likeness (QED) is 0.571. The molecule has 0 aliphatic rings. The molecule has 0 aliphatic carbocycles. The lowest BCUT2D eigenvalue weighted by molar-refractivity contribution is 0.499. The van der Waals surface area contributed by atoms with Gasteiger partial charge in [0, 0.05) is 0 Å². The van der Waals surface area contributed by atoms with Crippen molar-refractivity contribution in [3.05, 3.63) is 0 Å². The number of hydrogen-bond donors (Lipinski definition) is 1. The Morgan fingerprint density at radius 3 is 2.08 bits per heavy atom. The average Bonchev–Trinajstić information content (AvgIpc) is 2.01. The van der Waals surface area contributed by atoms with Crippen molar-refractivity contribution in [1.82, 2.24) is 5.32 Å². The molecule has 1 heteroatoms. The van der Waals surface area contributed by atoms with E-state index in [0.29, 0.717) is 0 Å². The molecule has 0 radical (unpaired) electrons. The minimum absolute atomic E-state index is 0.788. The van der Waals surface area contributed by atoms with Gasteiger partial charge in [-0.1, -0.05) is 47.0 Å². The second-order valence-electron chi connectivity index (χ2n) is 4.84. The molecule has 1 nitrogen and oxygen atoms in total. The van der Waals surface area contributed by atoms with Crippen LogP contribution >= 0.6 is 0 Å². The fourth-order valence-corrected chi connectivity index (χ4v) is 1.37. The van der Waals surface area contributed by atoms with Crippen molar-refractivity contribution in [2.24, 2.45) is 11.8 Å². The summed E-state index contributed by atoms with van der Waals surface area (Å²) in [6.07, 6.45) is 5.54. The molecule has 80 valence electrons. The zero-order valence-electron chi connectivity index (χ0n) is 9.90. The third kappa shape index (κ3) is 12.0. The summed E-state index contributed by atoms with van der Waals surface area (Å²) >= 11 is 0. The van der Waals surface area contributed by atoms with Gasteiger partial charge in [0.2, 0.25) is 0 Å². The molecule has 13 heavy (non-hydrogen) atoms. The third-order valence-electron chi connectivity index (χ3n) is 2.19. The Balaban J connectivity index is 2.92. The molecule has 1 N–H and O–H groups in total. The maximum absolute atomic E-state index is 3.47. The van der Waals surface area contributed by atoms with Crippen molar-refractivity contribution < 1.29 is 0 Å². The molecular formula is C12H27N. The van der Waals surface area contributed by atoms with E-state index in [9.17, 15) is 0 Å². The van der Waals surface area contributed by atoms with Crippen molar-refractivity contribution in [2.45, 2.75) is 53.4 Å². The summed E-state index contributed by atoms with van der Waals surface area (Å²) in [5.74, 6) is 1.67. The Kier molecular flexibility index (Phi) is 8.53. The van der Waals surface area contributed by atoms with E-state index in [-0.39, 0.29) is 0 Å². The molecule has 0 saturated heterocycles. The molecule has 0 amide bonds. The average molecular weight is 185 g/mol. The minimum atomic E-state index is 0.788. The summed E-state index contributed by atoms with van der Waals surface area (Å²) in [5.41, 5.74) is 0. The molecule has 0 aliphatic heterocycles. The Morgan fingerprint density at radius 1 is 0.846 bits per heavy atom. The number of rotatable bonds is 8. The molecule has 0 fully saturated rings. The summed E-state index contributed by atoms with van der Waals surface area (Å²) in [4.78, 5) is 0. The van der Waals surface area contributed by atoms with Crippen LogP contribution in [0.4, 0.5) is 0 Å². The van der Waals surface area contributed by atoms with Crippen LogP contribution in [0.2, 0.25) is 0 Å². The predicted molar refractivity (Wildman–Crippen MR) is 61.0 cm³/mol. The summed E-state index contributed by atoms with van der Waals surface area (Å²) in [7, 11) is 0. The van der Waals surface area contributed by atoms with E-state index >= 15 is 0 Å². The monoisotopic (exact) mass is 185 g/mol. The zero-order valence-corrected chi connectivity index (χ0v) is 9.90. The fourth-order valence-electron chi connectivity index (χ4n) is 1.37. The van der Waals surface area contributed by atoms with Gasteiger partial charge in [-0.15, -0.1) is 0 Å². The van der Waals surface area contributed by atoms with Crippen LogP contribution in [0.25, 0.3) is 0 Å². The first-order chi connectivity index (χ1) is 6.13. The molecule has 0 bridgehead atoms. The standard InChI is InChI=1S/C12H27N/c1-11(2)8-6-5-7-9-13-10-12(3)4/h11-13H,5-10H2,1-4H3. The molecule has 0 aromatic carbocycles. The van der Waals surface area contributed by atoms with Crippen molar-refractivity contribution in [3.63, 3.8) is 0 Å². The predicted octanol–water partition coefficient (Wildman–Crippen LogP) is 3.45. The minimum Gasteiger partial charge on any atom is -0.316 e. The normalized spacial score (nSPS) is 11.5. The van der Waals surface area contributed by atoms with Gasteiger partial charge in [0.1, 0.15) is 0 Å². The molecule has 0 saturated carbocycles. The Morgan fingerprint density at radius 2 is 1.54 bits per heavy atom. The largest absolute Gasteiger partial charge is 0.316 e. The van der Waals surface area contributed by atoms with Crippen LogP contribution in [0.5, 0.6) is 0 Å². The zero-order chi connectivity index (χ0) is 10.1. The van der Waals surface area contributed by atoms with Crippen LogP contribution < -0.4 is 5.32 Å². The number of unbranched alkanes of at least 4 members (excludes halogenated alkanes) is 2. The van der Waals surface area contributed by atoms with E-state index in [2.05, 4.69) is 33.0 Å². The van der Waals surface area contributed by atoms with Gasteiger partial charge in [0.05, 0.1) is 0 Å². The summed E-state index contributed by atoms with van der Waals surface area (Å²) < 4.78 is 0. The summed E-state index contributed by atoms with van der Waals surface area (Å²) in [5, 5.41) is 3.47. The van der Waals surface area contributed by atoms with Gasteiger partial charge in [0.15, 0.2) is 0 Å². The van der Waals surface area contributed by atoms with Crippen LogP contribution in [0.15, 0.2) is 0 Å². The van der Waals surface area contributed by atoms with Gasteiger partial charge in [-0.25, -0.2) is 0 Å². The highest BCUT2D eigenvalue weighted by Gasteiger charge is 1.95. The summed E-state index contributed by atoms with van der Waals surface area (Å²) in [6.45, 7) is 11.5. The molecule has 0 spiro atoms. The highest BCUT2D eigenvalue weighted by molar-refractivity contribution is 4.53. The molecule has 0 unspecified atom stereocenters. The van der Waals surface area contributed by atoms with Gasteiger partial charge < -0.3 is 5.32 Å². The molecule has 0 atom stereocenters. The number of nitrogens with one attached hydrogen (secondary N) is 1. The SMILES string of the molecule is CC(C)CCCCCNCC(C)C. The van der Waals surface area contributed by atoms with Gasteiger partial charge in [0.25, 0.3) is 0 Å². The van der Waals surface area contributed by atoms with Crippen molar-refractivity contribution in [3.8, 4) is 0 Å². The lowest BCUT2D eigenvalue weighted by Gasteiger charge is -2.07. The van der Waals surface area contributed by atoms with Crippen LogP contribution in [0.3, 0.4) is 0 Å². The van der Waals surface area contributed by atoms with E-state index in [4.69, 9.17) is 0 Å². The fraction of sp³-hybridized carbons (Fsp3) is 1.00. The van der Waals surface area contributed by atoms with Crippen molar-refractivity contribution >= 4 is 0 Å². The maximum atomic E-state index is 3.47. The topological polar surface area (TPSA) is 12.0 Å². The van der Waals surface area contributed by atoms with E-state index in [1.165, 1.54) is 38.8 Å². The molecule has 0 aromatic heterocycles. The van der Waals surface area contributed by atoms with Crippen LogP contribution in [0, 0.1) is 11.8 Å². The number of hydrogen-bond acceptors (Lipinski definition) is 1. The second-order valence-corrected chi connectivity index (χ2v) is 4.84. The summed E-state index contributed by atoms with van der Waals surface area (Å²) in [6, 6.07) is 0. The smallest absolute Gasteiger partial charge is 0.00258 e. The van der Waals surface area contributed by atoms with Gasteiger partial charge in [-0.3, -0.25) is 0 Å². The first-order valence-electron chi connectivity index (χ1n) is 5.83. The van der Waals surface area contributed by atoms with Gasteiger partial charge in [-0.05, 0) is 31.3 Å². The van der Waals surface area contributed by atoms with Crippen LogP contribution in [-0.4, -0.2) is 13.1 Å². The molecule has 0 rings (SSSR count). The van der Waals surface area contributed by atoms with E-state index < -0.39 is 0 Å². The molecular weight excluding hydrogens is 158 g/mol. The van der Waals surface area contributed by atoms with Crippen molar-refractivity contribution in [1.29, 1.82) is 0 Å². The lowest BCUT2D eigenvalue weighted by atomic mass is 10.1. The highest BCUT2D eigenvalue weighted by atomic mass is 14.8. The Bertz CT molecular complexity index is 85.3. The highest BCUT2D eigenvalue weighted by Crippen LogP contribution is 2.07. The Hall–Kier alpha value is -0.0400. The van der Waals surface area contributed by atoms with Gasteiger partial charge in [-0.2, -0.15) is 0 Å².